The standard InChI is InChI=1S/C17H22N2O2/c1-3-5-8-14(4-2)17(20)19-11-7-6-9-15(19)13-16-18-10-12-21-16/h3-5,8,10,12,15H,1,6-7,9,11,13H2,2H3/b8-5-,14-4+. The molecule has 21 heavy (non-hydrogen) atoms. The predicted molar refractivity (Wildman–Crippen MR) is 82.7 cm³/mol. The van der Waals surface area contributed by atoms with E-state index < -0.39 is 0 Å². The monoisotopic (exact) mass is 286 g/mol. The molecule has 0 aliphatic carbocycles. The molecule has 1 aliphatic rings. The van der Waals surface area contributed by atoms with Crippen molar-refractivity contribution in [2.24, 2.45) is 0 Å². The number of nitrogens with zero attached hydrogens (tertiary/aromatic N) is 2. The van der Waals surface area contributed by atoms with Crippen molar-refractivity contribution in [1.29, 1.82) is 0 Å². The van der Waals surface area contributed by atoms with Crippen molar-refractivity contribution in [2.75, 3.05) is 6.54 Å². The largest absolute Gasteiger partial charge is 0.449 e. The van der Waals surface area contributed by atoms with Crippen LogP contribution in [0.25, 0.3) is 0 Å². The highest BCUT2D eigenvalue weighted by molar-refractivity contribution is 5.96. The number of amides is 1. The summed E-state index contributed by atoms with van der Waals surface area (Å²) in [5.74, 6) is 0.773. The highest BCUT2D eigenvalue weighted by atomic mass is 16.3. The lowest BCUT2D eigenvalue weighted by Crippen LogP contribution is -2.45. The molecule has 0 radical (unpaired) electrons. The fraction of sp³-hybridized carbons (Fsp3) is 0.412. The molecule has 0 N–H and O–H groups in total. The van der Waals surface area contributed by atoms with E-state index in [1.807, 2.05) is 24.0 Å². The molecule has 1 amide bonds. The van der Waals surface area contributed by atoms with E-state index in [2.05, 4.69) is 11.6 Å². The van der Waals surface area contributed by atoms with Gasteiger partial charge in [0, 0.05) is 24.6 Å². The molecule has 112 valence electrons. The summed E-state index contributed by atoms with van der Waals surface area (Å²) in [6.45, 7) is 6.32. The normalized spacial score (nSPS) is 20.0. The maximum absolute atomic E-state index is 12.7. The van der Waals surface area contributed by atoms with E-state index in [-0.39, 0.29) is 11.9 Å². The third-order valence-electron chi connectivity index (χ3n) is 3.75. The summed E-state index contributed by atoms with van der Waals surface area (Å²) >= 11 is 0. The molecular formula is C17H22N2O2. The lowest BCUT2D eigenvalue weighted by molar-refractivity contribution is -0.130. The minimum absolute atomic E-state index is 0.0758. The Hall–Kier alpha value is -2.10. The van der Waals surface area contributed by atoms with Crippen LogP contribution in [0.3, 0.4) is 0 Å². The van der Waals surface area contributed by atoms with Crippen molar-refractivity contribution in [1.82, 2.24) is 9.88 Å². The second-order valence-electron chi connectivity index (χ2n) is 5.12. The van der Waals surface area contributed by atoms with Gasteiger partial charge in [0.1, 0.15) is 6.26 Å². The summed E-state index contributed by atoms with van der Waals surface area (Å²) in [4.78, 5) is 18.8. The van der Waals surface area contributed by atoms with Gasteiger partial charge in [-0.05, 0) is 32.3 Å². The number of aromatic nitrogens is 1. The lowest BCUT2D eigenvalue weighted by atomic mass is 9.98. The van der Waals surface area contributed by atoms with Crippen molar-refractivity contribution < 1.29 is 9.21 Å². The minimum Gasteiger partial charge on any atom is -0.449 e. The third kappa shape index (κ3) is 3.94. The lowest BCUT2D eigenvalue weighted by Gasteiger charge is -2.35. The molecular weight excluding hydrogens is 264 g/mol. The average molecular weight is 286 g/mol. The molecule has 0 bridgehead atoms. The molecule has 1 aromatic heterocycles. The highest BCUT2D eigenvalue weighted by Gasteiger charge is 2.28. The van der Waals surface area contributed by atoms with Crippen LogP contribution in [0.5, 0.6) is 0 Å². The summed E-state index contributed by atoms with van der Waals surface area (Å²) in [5.41, 5.74) is 0.703. The van der Waals surface area contributed by atoms with E-state index in [1.165, 1.54) is 0 Å². The van der Waals surface area contributed by atoms with Gasteiger partial charge in [0.05, 0.1) is 6.20 Å². The summed E-state index contributed by atoms with van der Waals surface area (Å²) in [5, 5.41) is 0. The Bertz CT molecular complexity index is 529. The first-order valence-corrected chi connectivity index (χ1v) is 7.41. The molecule has 1 aliphatic heterocycles. The number of carbonyl (C=O) groups excluding carboxylic acids is 1. The number of carbonyl (C=O) groups is 1. The summed E-state index contributed by atoms with van der Waals surface area (Å²) in [6, 6.07) is 0.164. The van der Waals surface area contributed by atoms with Gasteiger partial charge in [0.25, 0.3) is 5.91 Å². The quantitative estimate of drug-likeness (QED) is 0.616. The molecule has 0 saturated carbocycles. The van der Waals surface area contributed by atoms with E-state index in [1.54, 1.807) is 24.6 Å². The smallest absolute Gasteiger partial charge is 0.253 e. The molecule has 4 nitrogen and oxygen atoms in total. The van der Waals surface area contributed by atoms with E-state index in [4.69, 9.17) is 4.42 Å². The van der Waals surface area contributed by atoms with Crippen molar-refractivity contribution in [2.45, 2.75) is 38.6 Å². The zero-order valence-corrected chi connectivity index (χ0v) is 12.5. The van der Waals surface area contributed by atoms with E-state index in [0.29, 0.717) is 17.9 Å². The topological polar surface area (TPSA) is 46.3 Å². The van der Waals surface area contributed by atoms with Gasteiger partial charge >= 0.3 is 0 Å². The fourth-order valence-corrected chi connectivity index (χ4v) is 2.66. The maximum Gasteiger partial charge on any atom is 0.253 e. The Morgan fingerprint density at radius 3 is 3.10 bits per heavy atom. The molecule has 0 aromatic carbocycles. The van der Waals surface area contributed by atoms with Crippen molar-refractivity contribution in [3.05, 3.63) is 54.8 Å². The zero-order chi connectivity index (χ0) is 15.1. The number of likely N-dealkylation sites (tertiary alicyclic amines) is 1. The van der Waals surface area contributed by atoms with Crippen LogP contribution >= 0.6 is 0 Å². The Balaban J connectivity index is 2.11. The summed E-state index contributed by atoms with van der Waals surface area (Å²) < 4.78 is 5.33. The number of rotatable bonds is 5. The third-order valence-corrected chi connectivity index (χ3v) is 3.75. The second kappa shape index (κ2) is 7.62. The van der Waals surface area contributed by atoms with Gasteiger partial charge in [-0.15, -0.1) is 0 Å². The first-order valence-electron chi connectivity index (χ1n) is 7.41. The molecule has 1 atom stereocenters. The van der Waals surface area contributed by atoms with Crippen LogP contribution in [-0.4, -0.2) is 28.4 Å². The van der Waals surface area contributed by atoms with Crippen LogP contribution in [0.4, 0.5) is 0 Å². The van der Waals surface area contributed by atoms with Gasteiger partial charge in [0.15, 0.2) is 5.89 Å². The molecule has 1 aromatic rings. The second-order valence-corrected chi connectivity index (χ2v) is 5.12. The van der Waals surface area contributed by atoms with Gasteiger partial charge < -0.3 is 9.32 Å². The Morgan fingerprint density at radius 1 is 1.57 bits per heavy atom. The minimum atomic E-state index is 0.0758. The van der Waals surface area contributed by atoms with Crippen LogP contribution in [0, 0.1) is 0 Å². The highest BCUT2D eigenvalue weighted by Crippen LogP contribution is 2.22. The van der Waals surface area contributed by atoms with Crippen LogP contribution in [0.1, 0.15) is 32.1 Å². The Morgan fingerprint density at radius 2 is 2.43 bits per heavy atom. The molecule has 2 heterocycles. The first kappa shape index (κ1) is 15.3. The van der Waals surface area contributed by atoms with E-state index >= 15 is 0 Å². The number of oxazole rings is 1. The summed E-state index contributed by atoms with van der Waals surface area (Å²) in [7, 11) is 0. The maximum atomic E-state index is 12.7. The van der Waals surface area contributed by atoms with Crippen LogP contribution in [0.2, 0.25) is 0 Å². The Kier molecular flexibility index (Phi) is 5.55. The zero-order valence-electron chi connectivity index (χ0n) is 12.5. The van der Waals surface area contributed by atoms with Gasteiger partial charge in [-0.2, -0.15) is 0 Å². The van der Waals surface area contributed by atoms with E-state index in [0.717, 1.165) is 25.8 Å². The SMILES string of the molecule is C=C/C=C\C(=C/C)C(=O)N1CCCCC1Cc1ncco1. The van der Waals surface area contributed by atoms with Crippen LogP contribution < -0.4 is 0 Å². The molecule has 1 fully saturated rings. The van der Waals surface area contributed by atoms with E-state index in [9.17, 15) is 4.79 Å². The van der Waals surface area contributed by atoms with Crippen molar-refractivity contribution in [3.63, 3.8) is 0 Å². The molecule has 0 spiro atoms. The van der Waals surface area contributed by atoms with Gasteiger partial charge in [-0.3, -0.25) is 4.79 Å². The average Bonchev–Trinajstić information content (AvgIpc) is 3.01. The van der Waals surface area contributed by atoms with Crippen molar-refractivity contribution in [3.8, 4) is 0 Å². The number of hydrogen-bond donors (Lipinski definition) is 0. The number of allylic oxidation sites excluding steroid dienone is 3. The van der Waals surface area contributed by atoms with Gasteiger partial charge in [-0.25, -0.2) is 4.98 Å². The van der Waals surface area contributed by atoms with Gasteiger partial charge in [0.2, 0.25) is 0 Å². The summed E-state index contributed by atoms with van der Waals surface area (Å²) in [6.07, 6.45) is 14.2. The predicted octanol–water partition coefficient (Wildman–Crippen LogP) is 3.29. The number of hydrogen-bond acceptors (Lipinski definition) is 3. The van der Waals surface area contributed by atoms with Crippen LogP contribution in [-0.2, 0) is 11.2 Å². The van der Waals surface area contributed by atoms with Crippen LogP contribution in [0.15, 0.2) is 53.3 Å². The molecule has 4 heteroatoms. The fourth-order valence-electron chi connectivity index (χ4n) is 2.66. The Labute approximate surface area is 125 Å². The molecule has 1 unspecified atom stereocenters. The molecule has 2 rings (SSSR count). The van der Waals surface area contributed by atoms with Crippen molar-refractivity contribution >= 4 is 5.91 Å². The van der Waals surface area contributed by atoms with Gasteiger partial charge in [-0.1, -0.05) is 24.8 Å². The molecule has 1 saturated heterocycles. The number of piperidine rings is 1. The first-order chi connectivity index (χ1) is 10.3.